The molecule has 0 bridgehead atoms. The molecule has 2 rings (SSSR count). The molecule has 0 aromatic heterocycles. The minimum atomic E-state index is 0.0212. The van der Waals surface area contributed by atoms with E-state index in [0.29, 0.717) is 18.9 Å². The molecule has 2 fully saturated rings. The van der Waals surface area contributed by atoms with Crippen LogP contribution in [0.1, 0.15) is 39.0 Å². The Morgan fingerprint density at radius 2 is 1.95 bits per heavy atom. The highest BCUT2D eigenvalue weighted by Crippen LogP contribution is 2.23. The lowest BCUT2D eigenvalue weighted by Crippen LogP contribution is -2.46. The third-order valence-corrected chi connectivity index (χ3v) is 4.68. The van der Waals surface area contributed by atoms with E-state index in [2.05, 4.69) is 5.32 Å². The van der Waals surface area contributed by atoms with Crippen molar-refractivity contribution in [3.63, 3.8) is 0 Å². The van der Waals surface area contributed by atoms with Crippen LogP contribution in [0.15, 0.2) is 0 Å². The molecule has 2 saturated heterocycles. The van der Waals surface area contributed by atoms with Crippen molar-refractivity contribution >= 4 is 11.8 Å². The Hall–Kier alpha value is -1.10. The maximum atomic E-state index is 12.6. The van der Waals surface area contributed by atoms with Crippen LogP contribution in [0, 0.1) is 11.8 Å². The molecule has 2 aliphatic rings. The van der Waals surface area contributed by atoms with Gasteiger partial charge in [-0.15, -0.1) is 0 Å². The summed E-state index contributed by atoms with van der Waals surface area (Å²) in [5.41, 5.74) is 0. The zero-order chi connectivity index (χ0) is 15.2. The fraction of sp³-hybridized carbons (Fsp3) is 0.875. The highest BCUT2D eigenvalue weighted by atomic mass is 16.2. The third-order valence-electron chi connectivity index (χ3n) is 4.68. The number of piperidine rings is 1. The van der Waals surface area contributed by atoms with E-state index in [1.165, 1.54) is 0 Å². The molecule has 0 spiro atoms. The molecule has 0 aliphatic carbocycles. The van der Waals surface area contributed by atoms with Crippen LogP contribution < -0.4 is 5.32 Å². The van der Waals surface area contributed by atoms with Gasteiger partial charge in [0.15, 0.2) is 0 Å². The predicted octanol–water partition coefficient (Wildman–Crippen LogP) is 1.09. The van der Waals surface area contributed by atoms with Gasteiger partial charge in [0.1, 0.15) is 0 Å². The number of likely N-dealkylation sites (tertiary alicyclic amines) is 2. The number of nitrogens with zero attached hydrogens (tertiary/aromatic N) is 2. The van der Waals surface area contributed by atoms with Gasteiger partial charge in [0.2, 0.25) is 11.8 Å². The van der Waals surface area contributed by atoms with Crippen molar-refractivity contribution in [1.29, 1.82) is 0 Å². The second kappa shape index (κ2) is 7.78. The van der Waals surface area contributed by atoms with E-state index in [0.717, 1.165) is 51.9 Å². The second-order valence-electron chi connectivity index (χ2n) is 6.43. The van der Waals surface area contributed by atoms with Gasteiger partial charge >= 0.3 is 0 Å². The van der Waals surface area contributed by atoms with Crippen molar-refractivity contribution in [3.8, 4) is 0 Å². The molecule has 0 radical (unpaired) electrons. The first kappa shape index (κ1) is 16.3. The van der Waals surface area contributed by atoms with Gasteiger partial charge < -0.3 is 15.1 Å². The fourth-order valence-electron chi connectivity index (χ4n) is 3.52. The Morgan fingerprint density at radius 1 is 1.14 bits per heavy atom. The molecule has 5 heteroatoms. The Bertz CT molecular complexity index is 373. The molecule has 2 amide bonds. The van der Waals surface area contributed by atoms with E-state index in [9.17, 15) is 9.59 Å². The van der Waals surface area contributed by atoms with E-state index < -0.39 is 0 Å². The topological polar surface area (TPSA) is 52.7 Å². The number of carbonyl (C=O) groups is 2. The van der Waals surface area contributed by atoms with E-state index in [1.807, 2.05) is 23.8 Å². The molecule has 5 nitrogen and oxygen atoms in total. The fourth-order valence-corrected chi connectivity index (χ4v) is 3.52. The van der Waals surface area contributed by atoms with Crippen molar-refractivity contribution in [3.05, 3.63) is 0 Å². The maximum Gasteiger partial charge on any atom is 0.227 e. The van der Waals surface area contributed by atoms with Gasteiger partial charge in [0, 0.05) is 32.6 Å². The third kappa shape index (κ3) is 4.19. The van der Waals surface area contributed by atoms with E-state index in [1.54, 1.807) is 0 Å². The quantitative estimate of drug-likeness (QED) is 0.826. The molecular weight excluding hydrogens is 266 g/mol. The first-order valence-corrected chi connectivity index (χ1v) is 8.36. The number of amides is 2. The van der Waals surface area contributed by atoms with Crippen LogP contribution in [0.3, 0.4) is 0 Å². The van der Waals surface area contributed by atoms with Crippen LogP contribution in [0.25, 0.3) is 0 Å². The summed E-state index contributed by atoms with van der Waals surface area (Å²) in [6.07, 6.45) is 4.47. The number of hydrogen-bond acceptors (Lipinski definition) is 3. The van der Waals surface area contributed by atoms with Crippen molar-refractivity contribution in [1.82, 2.24) is 15.1 Å². The molecule has 120 valence electrons. The zero-order valence-electron chi connectivity index (χ0n) is 13.4. The molecule has 2 unspecified atom stereocenters. The summed E-state index contributed by atoms with van der Waals surface area (Å²) < 4.78 is 0. The van der Waals surface area contributed by atoms with Gasteiger partial charge in [-0.2, -0.15) is 0 Å². The van der Waals surface area contributed by atoms with Crippen LogP contribution in [0.4, 0.5) is 0 Å². The molecular formula is C16H29N3O2. The molecule has 1 N–H and O–H groups in total. The molecule has 2 aliphatic heterocycles. The van der Waals surface area contributed by atoms with Gasteiger partial charge in [-0.25, -0.2) is 0 Å². The number of carbonyl (C=O) groups excluding carboxylic acids is 2. The Kier molecular flexibility index (Phi) is 6.03. The van der Waals surface area contributed by atoms with Crippen LogP contribution in [0.5, 0.6) is 0 Å². The summed E-state index contributed by atoms with van der Waals surface area (Å²) in [5.74, 6) is 1.08. The van der Waals surface area contributed by atoms with Crippen molar-refractivity contribution in [2.24, 2.45) is 11.8 Å². The lowest BCUT2D eigenvalue weighted by atomic mass is 9.96. The summed E-state index contributed by atoms with van der Waals surface area (Å²) in [5, 5.41) is 3.19. The van der Waals surface area contributed by atoms with Crippen LogP contribution in [-0.4, -0.2) is 61.4 Å². The predicted molar refractivity (Wildman–Crippen MR) is 82.8 cm³/mol. The number of nitrogens with one attached hydrogen (secondary N) is 1. The minimum absolute atomic E-state index is 0.0212. The summed E-state index contributed by atoms with van der Waals surface area (Å²) in [6, 6.07) is 0. The number of rotatable bonds is 5. The average molecular weight is 295 g/mol. The van der Waals surface area contributed by atoms with Gasteiger partial charge in [-0.05, 0) is 45.2 Å². The molecule has 2 atom stereocenters. The molecule has 0 aromatic rings. The molecule has 2 heterocycles. The zero-order valence-corrected chi connectivity index (χ0v) is 13.4. The molecule has 21 heavy (non-hydrogen) atoms. The van der Waals surface area contributed by atoms with Crippen LogP contribution >= 0.6 is 0 Å². The summed E-state index contributed by atoms with van der Waals surface area (Å²) in [7, 11) is 1.96. The van der Waals surface area contributed by atoms with Crippen LogP contribution in [0.2, 0.25) is 0 Å². The lowest BCUT2D eigenvalue weighted by Gasteiger charge is -2.34. The maximum absolute atomic E-state index is 12.6. The Morgan fingerprint density at radius 3 is 2.67 bits per heavy atom. The SMILES string of the molecule is CCCC(=O)N1CCCC(C(=O)N2CCC(CNC)C2)C1. The normalized spacial score (nSPS) is 26.2. The Labute approximate surface area is 128 Å². The first-order valence-electron chi connectivity index (χ1n) is 8.36. The monoisotopic (exact) mass is 295 g/mol. The van der Waals surface area contributed by atoms with Crippen molar-refractivity contribution in [2.45, 2.75) is 39.0 Å². The van der Waals surface area contributed by atoms with Gasteiger partial charge in [0.05, 0.1) is 5.92 Å². The van der Waals surface area contributed by atoms with Gasteiger partial charge in [0.25, 0.3) is 0 Å². The summed E-state index contributed by atoms with van der Waals surface area (Å²) in [6.45, 7) is 6.21. The van der Waals surface area contributed by atoms with E-state index >= 15 is 0 Å². The van der Waals surface area contributed by atoms with Crippen LogP contribution in [-0.2, 0) is 9.59 Å². The van der Waals surface area contributed by atoms with Crippen molar-refractivity contribution < 1.29 is 9.59 Å². The Balaban J connectivity index is 1.86. The average Bonchev–Trinajstić information content (AvgIpc) is 2.96. The van der Waals surface area contributed by atoms with Gasteiger partial charge in [-0.1, -0.05) is 6.92 Å². The first-order chi connectivity index (χ1) is 10.2. The summed E-state index contributed by atoms with van der Waals surface area (Å²) in [4.78, 5) is 28.6. The standard InChI is InChI=1S/C16H29N3O2/c1-3-5-15(20)18-8-4-6-14(12-18)16(21)19-9-7-13(11-19)10-17-2/h13-14,17H,3-12H2,1-2H3. The largest absolute Gasteiger partial charge is 0.342 e. The van der Waals surface area contributed by atoms with Crippen molar-refractivity contribution in [2.75, 3.05) is 39.8 Å². The highest BCUT2D eigenvalue weighted by Gasteiger charge is 2.34. The van der Waals surface area contributed by atoms with E-state index in [-0.39, 0.29) is 17.7 Å². The smallest absolute Gasteiger partial charge is 0.227 e. The van der Waals surface area contributed by atoms with Gasteiger partial charge in [-0.3, -0.25) is 9.59 Å². The molecule has 0 aromatic carbocycles. The minimum Gasteiger partial charge on any atom is -0.342 e. The number of hydrogen-bond donors (Lipinski definition) is 1. The lowest BCUT2D eigenvalue weighted by molar-refractivity contribution is -0.140. The second-order valence-corrected chi connectivity index (χ2v) is 6.43. The summed E-state index contributed by atoms with van der Waals surface area (Å²) >= 11 is 0. The van der Waals surface area contributed by atoms with E-state index in [4.69, 9.17) is 0 Å². The highest BCUT2D eigenvalue weighted by molar-refractivity contribution is 5.81. The molecule has 0 saturated carbocycles.